The first-order chi connectivity index (χ1) is 7.49. The molecule has 1 atom stereocenters. The van der Waals surface area contributed by atoms with Crippen LogP contribution in [-0.4, -0.2) is 37.8 Å². The highest BCUT2D eigenvalue weighted by molar-refractivity contribution is 6.79. The molecule has 0 aliphatic heterocycles. The van der Waals surface area contributed by atoms with E-state index >= 15 is 0 Å². The molecule has 17 heavy (non-hydrogen) atoms. The number of halogens is 2. The van der Waals surface area contributed by atoms with Crippen molar-refractivity contribution in [1.29, 1.82) is 0 Å². The van der Waals surface area contributed by atoms with Gasteiger partial charge in [0.2, 0.25) is 5.41 Å². The molecule has 0 aliphatic carbocycles. The van der Waals surface area contributed by atoms with Gasteiger partial charge in [-0.05, 0) is 6.42 Å². The Balaban J connectivity index is 5.96. The van der Waals surface area contributed by atoms with Gasteiger partial charge in [-0.15, -0.1) is 0 Å². The van der Waals surface area contributed by atoms with E-state index in [0.29, 0.717) is 0 Å². The van der Waals surface area contributed by atoms with Crippen LogP contribution < -0.4 is 0 Å². The molecule has 0 rings (SSSR count). The SMILES string of the molecule is CCC(C(=O)O)(C(=O)OC)C(F)(F)[Si](C)(C)C. The maximum Gasteiger partial charge on any atom is 0.329 e. The van der Waals surface area contributed by atoms with Crippen LogP contribution in [-0.2, 0) is 14.3 Å². The molecule has 4 nitrogen and oxygen atoms in total. The summed E-state index contributed by atoms with van der Waals surface area (Å²) in [6.07, 6.45) is -0.508. The summed E-state index contributed by atoms with van der Waals surface area (Å²) < 4.78 is 32.9. The molecule has 0 aromatic rings. The van der Waals surface area contributed by atoms with Crippen LogP contribution in [0.1, 0.15) is 13.3 Å². The number of carbonyl (C=O) groups excluding carboxylic acids is 1. The van der Waals surface area contributed by atoms with Crippen LogP contribution in [0, 0.1) is 5.41 Å². The van der Waals surface area contributed by atoms with E-state index in [9.17, 15) is 18.4 Å². The predicted molar refractivity (Wildman–Crippen MR) is 60.7 cm³/mol. The highest BCUT2D eigenvalue weighted by Gasteiger charge is 2.69. The lowest BCUT2D eigenvalue weighted by Crippen LogP contribution is -2.64. The lowest BCUT2D eigenvalue weighted by Gasteiger charge is -2.40. The summed E-state index contributed by atoms with van der Waals surface area (Å²) in [5.74, 6) is -3.22. The zero-order valence-electron chi connectivity index (χ0n) is 10.6. The summed E-state index contributed by atoms with van der Waals surface area (Å²) in [6.45, 7) is 5.22. The molecule has 0 saturated carbocycles. The maximum absolute atomic E-state index is 14.3. The Kier molecular flexibility index (Phi) is 4.44. The molecule has 0 amide bonds. The number of aliphatic carboxylic acids is 1. The monoisotopic (exact) mass is 268 g/mol. The van der Waals surface area contributed by atoms with Crippen molar-refractivity contribution in [2.24, 2.45) is 5.41 Å². The third-order valence-corrected chi connectivity index (χ3v) is 5.22. The Morgan fingerprint density at radius 3 is 1.88 bits per heavy atom. The van der Waals surface area contributed by atoms with Crippen LogP contribution in [0.2, 0.25) is 19.6 Å². The van der Waals surface area contributed by atoms with E-state index in [1.807, 2.05) is 0 Å². The van der Waals surface area contributed by atoms with Crippen molar-refractivity contribution in [2.75, 3.05) is 7.11 Å². The third kappa shape index (κ3) is 2.20. The summed E-state index contributed by atoms with van der Waals surface area (Å²) in [5, 5.41) is 9.07. The van der Waals surface area contributed by atoms with Crippen LogP contribution in [0.4, 0.5) is 8.78 Å². The Bertz CT molecular complexity index is 325. The molecule has 0 spiro atoms. The molecule has 0 aliphatic rings. The summed E-state index contributed by atoms with van der Waals surface area (Å²) in [6, 6.07) is 0. The fraction of sp³-hybridized carbons (Fsp3) is 0.800. The zero-order chi connectivity index (χ0) is 14.1. The number of carboxylic acids is 1. The second-order valence-corrected chi connectivity index (χ2v) is 10.0. The molecule has 100 valence electrons. The normalized spacial score (nSPS) is 16.2. The Hall–Kier alpha value is -0.983. The highest BCUT2D eigenvalue weighted by atomic mass is 28.3. The second-order valence-electron chi connectivity index (χ2n) is 4.88. The molecule has 0 fully saturated rings. The molecule has 7 heteroatoms. The standard InChI is InChI=1S/C10H18F2O4Si/c1-6-9(7(13)14,8(15)16-2)10(11,12)17(3,4)5/h6H2,1-5H3,(H,13,14). The van der Waals surface area contributed by atoms with Crippen molar-refractivity contribution in [3.8, 4) is 0 Å². The van der Waals surface area contributed by atoms with Crippen LogP contribution in [0.5, 0.6) is 0 Å². The number of esters is 1. The van der Waals surface area contributed by atoms with Gasteiger partial charge in [0.05, 0.1) is 7.11 Å². The van der Waals surface area contributed by atoms with Crippen molar-refractivity contribution in [1.82, 2.24) is 0 Å². The summed E-state index contributed by atoms with van der Waals surface area (Å²) in [7, 11) is -2.29. The molecule has 0 saturated heterocycles. The largest absolute Gasteiger partial charge is 0.480 e. The first-order valence-corrected chi connectivity index (χ1v) is 8.68. The van der Waals surface area contributed by atoms with Gasteiger partial charge in [0, 0.05) is 0 Å². The third-order valence-electron chi connectivity index (χ3n) is 2.91. The van der Waals surface area contributed by atoms with Crippen LogP contribution in [0.25, 0.3) is 0 Å². The summed E-state index contributed by atoms with van der Waals surface area (Å²) in [4.78, 5) is 22.7. The van der Waals surface area contributed by atoms with E-state index in [-0.39, 0.29) is 0 Å². The number of hydrogen-bond donors (Lipinski definition) is 1. The molecule has 0 aromatic carbocycles. The van der Waals surface area contributed by atoms with Gasteiger partial charge in [0.15, 0.2) is 0 Å². The number of carboxylic acid groups (broad SMARTS) is 1. The number of carbonyl (C=O) groups is 2. The first kappa shape index (κ1) is 16.0. The van der Waals surface area contributed by atoms with E-state index in [1.165, 1.54) is 26.6 Å². The van der Waals surface area contributed by atoms with E-state index < -0.39 is 37.4 Å². The summed E-state index contributed by atoms with van der Waals surface area (Å²) in [5.41, 5.74) is -6.38. The average molecular weight is 268 g/mol. The molecule has 0 heterocycles. The van der Waals surface area contributed by atoms with Crippen LogP contribution in [0.3, 0.4) is 0 Å². The van der Waals surface area contributed by atoms with Gasteiger partial charge >= 0.3 is 11.9 Å². The van der Waals surface area contributed by atoms with Crippen molar-refractivity contribution < 1.29 is 28.2 Å². The molecule has 1 N–H and O–H groups in total. The number of alkyl halides is 2. The molecule has 1 unspecified atom stereocenters. The Morgan fingerprint density at radius 1 is 1.29 bits per heavy atom. The van der Waals surface area contributed by atoms with Gasteiger partial charge in [0.25, 0.3) is 5.55 Å². The van der Waals surface area contributed by atoms with Crippen LogP contribution in [0.15, 0.2) is 0 Å². The van der Waals surface area contributed by atoms with E-state index in [2.05, 4.69) is 4.74 Å². The topological polar surface area (TPSA) is 63.6 Å². The number of hydrogen-bond acceptors (Lipinski definition) is 3. The van der Waals surface area contributed by atoms with Gasteiger partial charge < -0.3 is 9.84 Å². The number of methoxy groups -OCH3 is 1. The first-order valence-electron chi connectivity index (χ1n) is 5.18. The fourth-order valence-corrected chi connectivity index (χ4v) is 3.35. The average Bonchev–Trinajstić information content (AvgIpc) is 2.16. The minimum absolute atomic E-state index is 0.508. The van der Waals surface area contributed by atoms with Gasteiger partial charge in [-0.1, -0.05) is 26.6 Å². The smallest absolute Gasteiger partial charge is 0.329 e. The molecule has 0 radical (unpaired) electrons. The number of rotatable bonds is 5. The van der Waals surface area contributed by atoms with Crippen LogP contribution >= 0.6 is 0 Å². The van der Waals surface area contributed by atoms with Crippen molar-refractivity contribution in [3.05, 3.63) is 0 Å². The minimum Gasteiger partial charge on any atom is -0.480 e. The van der Waals surface area contributed by atoms with Crippen molar-refractivity contribution in [2.45, 2.75) is 38.5 Å². The van der Waals surface area contributed by atoms with E-state index in [4.69, 9.17) is 5.11 Å². The Morgan fingerprint density at radius 2 is 1.71 bits per heavy atom. The predicted octanol–water partition coefficient (Wildman–Crippen LogP) is 2.15. The number of ether oxygens (including phenoxy) is 1. The molecule has 0 bridgehead atoms. The minimum atomic E-state index is -3.59. The quantitative estimate of drug-likeness (QED) is 0.471. The van der Waals surface area contributed by atoms with Gasteiger partial charge in [-0.2, -0.15) is 0 Å². The molecule has 0 aromatic heterocycles. The fourth-order valence-electron chi connectivity index (χ4n) is 1.68. The van der Waals surface area contributed by atoms with Crippen molar-refractivity contribution in [3.63, 3.8) is 0 Å². The Labute approximate surface area is 100.0 Å². The second kappa shape index (κ2) is 4.71. The molecular formula is C10H18F2O4Si. The van der Waals surface area contributed by atoms with Crippen molar-refractivity contribution >= 4 is 20.0 Å². The highest BCUT2D eigenvalue weighted by Crippen LogP contribution is 2.47. The van der Waals surface area contributed by atoms with Gasteiger partial charge in [-0.3, -0.25) is 9.59 Å². The zero-order valence-corrected chi connectivity index (χ0v) is 11.6. The van der Waals surface area contributed by atoms with E-state index in [1.54, 1.807) is 0 Å². The van der Waals surface area contributed by atoms with Gasteiger partial charge in [0.1, 0.15) is 8.07 Å². The van der Waals surface area contributed by atoms with E-state index in [0.717, 1.165) is 7.11 Å². The van der Waals surface area contributed by atoms with Gasteiger partial charge in [-0.25, -0.2) is 8.78 Å². The lowest BCUT2D eigenvalue weighted by molar-refractivity contribution is -0.186. The molecular weight excluding hydrogens is 250 g/mol. The maximum atomic E-state index is 14.3. The lowest BCUT2D eigenvalue weighted by atomic mass is 9.85. The summed E-state index contributed by atoms with van der Waals surface area (Å²) >= 11 is 0.